The first kappa shape index (κ1) is 29.5. The van der Waals surface area contributed by atoms with Crippen LogP contribution in [0.4, 0.5) is 11.6 Å². The molecule has 2 unspecified atom stereocenters. The lowest BCUT2D eigenvalue weighted by molar-refractivity contribution is -0.148. The van der Waals surface area contributed by atoms with Crippen LogP contribution in [0.1, 0.15) is 26.5 Å². The largest absolute Gasteiger partial charge is 0.463 e. The van der Waals surface area contributed by atoms with E-state index < -0.39 is 31.7 Å². The molecule has 0 saturated carbocycles. The van der Waals surface area contributed by atoms with Gasteiger partial charge < -0.3 is 28.6 Å². The summed E-state index contributed by atoms with van der Waals surface area (Å²) < 4.78 is 40.0. The van der Waals surface area contributed by atoms with Gasteiger partial charge in [0.2, 0.25) is 24.5 Å². The van der Waals surface area contributed by atoms with Gasteiger partial charge in [-0.05, 0) is 26.0 Å². The topological polar surface area (TPSA) is 177 Å². The number of hydrogen-bond acceptors (Lipinski definition) is 12. The van der Waals surface area contributed by atoms with Gasteiger partial charge in [-0.3, -0.25) is 24.3 Å². The highest BCUT2D eigenvalue weighted by Gasteiger charge is 2.39. The lowest BCUT2D eigenvalue weighted by atomic mass is 10.1. The summed E-state index contributed by atoms with van der Waals surface area (Å²) >= 11 is 6.20. The first-order chi connectivity index (χ1) is 17.2. The number of ether oxygens (including phenoxy) is 3. The molecule has 0 radical (unpaired) electrons. The van der Waals surface area contributed by atoms with Gasteiger partial charge in [0.15, 0.2) is 5.15 Å². The lowest BCUT2D eigenvalue weighted by Gasteiger charge is -2.29. The summed E-state index contributed by atoms with van der Waals surface area (Å²) in [5.74, 6) is -0.735. The average molecular weight is 548 g/mol. The van der Waals surface area contributed by atoms with Crippen molar-refractivity contribution < 1.29 is 42.2 Å². The molecule has 2 atom stereocenters. The molecule has 16 heteroatoms. The van der Waals surface area contributed by atoms with E-state index in [0.717, 1.165) is 0 Å². The van der Waals surface area contributed by atoms with E-state index in [1.165, 1.54) is 19.2 Å². The second-order valence-corrected chi connectivity index (χ2v) is 9.25. The first-order valence-electron chi connectivity index (χ1n) is 10.7. The number of allylic oxidation sites excluding steroid dienone is 1. The molecule has 198 valence electrons. The zero-order chi connectivity index (χ0) is 26.6. The van der Waals surface area contributed by atoms with Crippen molar-refractivity contribution in [2.24, 2.45) is 4.99 Å². The van der Waals surface area contributed by atoms with Crippen LogP contribution in [-0.2, 0) is 47.9 Å². The zero-order valence-corrected chi connectivity index (χ0v) is 21.5. The van der Waals surface area contributed by atoms with Gasteiger partial charge >= 0.3 is 13.6 Å². The number of carbonyl (C=O) groups excluding carboxylic acids is 3. The quantitative estimate of drug-likeness (QED) is 0.126. The Morgan fingerprint density at radius 2 is 1.86 bits per heavy atom. The summed E-state index contributed by atoms with van der Waals surface area (Å²) in [6.45, 7) is 4.29. The molecule has 36 heavy (non-hydrogen) atoms. The van der Waals surface area contributed by atoms with Crippen LogP contribution in [0.25, 0.3) is 0 Å². The minimum absolute atomic E-state index is 0.00416. The molecule has 2 N–H and O–H groups in total. The summed E-state index contributed by atoms with van der Waals surface area (Å²) in [6.07, 6.45) is 3.85. The predicted molar refractivity (Wildman–Crippen MR) is 129 cm³/mol. The van der Waals surface area contributed by atoms with Gasteiger partial charge in [0.1, 0.15) is 30.4 Å². The lowest BCUT2D eigenvalue weighted by Crippen LogP contribution is -2.34. The number of carbonyl (C=O) groups is 3. The normalized spacial score (nSPS) is 17.6. The number of nitrogens with one attached hydrogen (secondary N) is 2. The summed E-state index contributed by atoms with van der Waals surface area (Å²) in [7, 11) is -3.57. The van der Waals surface area contributed by atoms with Crippen molar-refractivity contribution in [3.63, 3.8) is 0 Å². The van der Waals surface area contributed by atoms with Crippen molar-refractivity contribution >= 4 is 55.8 Å². The van der Waals surface area contributed by atoms with Crippen molar-refractivity contribution in [2.45, 2.75) is 32.6 Å². The summed E-state index contributed by atoms with van der Waals surface area (Å²) in [5.41, 5.74) is -1.63. The molecule has 0 saturated heterocycles. The number of aliphatic imine (C=N–C) groups is 1. The number of esters is 1. The SMILES string of the molecule is CCOP(=O)(COC(COC(C)=O)COC1(c2nc(NC=O)nc(Cl)c2NC=O)C=CC=N1)OCC. The zero-order valence-electron chi connectivity index (χ0n) is 19.8. The Balaban J connectivity index is 2.34. The Hall–Kier alpha value is -2.74. The second kappa shape index (κ2) is 14.1. The molecule has 14 nitrogen and oxygen atoms in total. The molecule has 2 heterocycles. The number of anilines is 2. The highest BCUT2D eigenvalue weighted by atomic mass is 35.5. The fraction of sp³-hybridized carbons (Fsp3) is 0.500. The Labute approximate surface area is 212 Å². The molecular weight excluding hydrogens is 521 g/mol. The Morgan fingerprint density at radius 3 is 2.42 bits per heavy atom. The molecule has 1 aromatic heterocycles. The first-order valence-corrected chi connectivity index (χ1v) is 12.8. The number of nitrogens with zero attached hydrogens (tertiary/aromatic N) is 3. The van der Waals surface area contributed by atoms with Crippen molar-refractivity contribution in [3.05, 3.63) is 23.0 Å². The van der Waals surface area contributed by atoms with E-state index in [9.17, 15) is 18.9 Å². The Bertz CT molecular complexity index is 1020. The number of hydrogen-bond donors (Lipinski definition) is 2. The molecule has 0 aromatic carbocycles. The summed E-state index contributed by atoms with van der Waals surface area (Å²) in [5, 5.41) is 4.50. The molecule has 0 fully saturated rings. The van der Waals surface area contributed by atoms with Gasteiger partial charge in [-0.15, -0.1) is 0 Å². The van der Waals surface area contributed by atoms with Crippen molar-refractivity contribution in [1.82, 2.24) is 9.97 Å². The molecule has 0 aliphatic carbocycles. The third kappa shape index (κ3) is 8.15. The van der Waals surface area contributed by atoms with E-state index in [-0.39, 0.29) is 48.9 Å². The molecular formula is C20H27ClN5O9P. The average Bonchev–Trinajstić information content (AvgIpc) is 3.30. The van der Waals surface area contributed by atoms with Gasteiger partial charge in [-0.2, -0.15) is 4.98 Å². The number of halogens is 1. The third-order valence-electron chi connectivity index (χ3n) is 4.35. The van der Waals surface area contributed by atoms with Crippen LogP contribution >= 0.6 is 19.2 Å². The van der Waals surface area contributed by atoms with Crippen molar-refractivity contribution in [2.75, 3.05) is 43.4 Å². The van der Waals surface area contributed by atoms with Crippen LogP contribution in [0.2, 0.25) is 5.15 Å². The van der Waals surface area contributed by atoms with E-state index in [1.807, 2.05) is 0 Å². The fourth-order valence-electron chi connectivity index (χ4n) is 2.94. The number of amides is 2. The smallest absolute Gasteiger partial charge is 0.356 e. The Morgan fingerprint density at radius 1 is 1.17 bits per heavy atom. The van der Waals surface area contributed by atoms with Crippen LogP contribution in [0.5, 0.6) is 0 Å². The number of rotatable bonds is 17. The highest BCUT2D eigenvalue weighted by molar-refractivity contribution is 7.53. The van der Waals surface area contributed by atoms with Gasteiger partial charge in [0.25, 0.3) is 0 Å². The molecule has 2 rings (SSSR count). The van der Waals surface area contributed by atoms with Crippen LogP contribution in [-0.4, -0.2) is 73.9 Å². The van der Waals surface area contributed by atoms with Crippen LogP contribution in [0.15, 0.2) is 17.1 Å². The molecule has 1 aromatic rings. The molecule has 1 aliphatic rings. The summed E-state index contributed by atoms with van der Waals surface area (Å²) in [6, 6.07) is 0. The molecule has 1 aliphatic heterocycles. The van der Waals surface area contributed by atoms with E-state index in [2.05, 4.69) is 25.6 Å². The molecule has 0 bridgehead atoms. The van der Waals surface area contributed by atoms with Crippen LogP contribution in [0, 0.1) is 0 Å². The van der Waals surface area contributed by atoms with Gasteiger partial charge in [-0.25, -0.2) is 9.98 Å². The maximum absolute atomic E-state index is 12.8. The van der Waals surface area contributed by atoms with E-state index in [1.54, 1.807) is 19.9 Å². The van der Waals surface area contributed by atoms with Gasteiger partial charge in [0.05, 0.1) is 19.8 Å². The molecule has 0 spiro atoms. The van der Waals surface area contributed by atoms with E-state index in [0.29, 0.717) is 12.8 Å². The molecule has 2 amide bonds. The fourth-order valence-corrected chi connectivity index (χ4v) is 4.57. The third-order valence-corrected chi connectivity index (χ3v) is 6.39. The van der Waals surface area contributed by atoms with Gasteiger partial charge in [-0.1, -0.05) is 11.6 Å². The minimum Gasteiger partial charge on any atom is -0.463 e. The number of aromatic nitrogens is 2. The monoisotopic (exact) mass is 547 g/mol. The maximum Gasteiger partial charge on any atom is 0.356 e. The highest BCUT2D eigenvalue weighted by Crippen LogP contribution is 2.48. The second-order valence-electron chi connectivity index (χ2n) is 6.90. The van der Waals surface area contributed by atoms with Crippen molar-refractivity contribution in [1.29, 1.82) is 0 Å². The Kier molecular flexibility index (Phi) is 11.6. The van der Waals surface area contributed by atoms with Gasteiger partial charge in [0, 0.05) is 13.1 Å². The standard InChI is InChI=1S/C20H27ClN5O9P/c1-4-34-36(30,35-5-2)13-32-15(9-31-14(3)29)10-33-20(7-6-8-24-20)17-16(22-11-27)18(21)26-19(25-17)23-12-28/h6-8,11-12,15H,4-5,9-10,13H2,1-3H3,(H,22,27)(H,23,25,26,28). The van der Waals surface area contributed by atoms with Crippen LogP contribution in [0.3, 0.4) is 0 Å². The van der Waals surface area contributed by atoms with E-state index >= 15 is 0 Å². The summed E-state index contributed by atoms with van der Waals surface area (Å²) in [4.78, 5) is 45.9. The minimum atomic E-state index is -3.57. The maximum atomic E-state index is 12.8. The van der Waals surface area contributed by atoms with E-state index in [4.69, 9.17) is 34.9 Å². The predicted octanol–water partition coefficient (Wildman–Crippen LogP) is 2.25. The van der Waals surface area contributed by atoms with Crippen LogP contribution < -0.4 is 10.6 Å². The van der Waals surface area contributed by atoms with Crippen molar-refractivity contribution in [3.8, 4) is 0 Å².